The van der Waals surface area contributed by atoms with Gasteiger partial charge in [-0.1, -0.05) is 36.8 Å². The van der Waals surface area contributed by atoms with Crippen molar-refractivity contribution in [1.82, 2.24) is 10.2 Å². The van der Waals surface area contributed by atoms with E-state index in [1.54, 1.807) is 0 Å². The number of unbranched alkanes of at least 4 members (excludes halogenated alkanes) is 1. The number of hydrogen-bond acceptors (Lipinski definition) is 5. The van der Waals surface area contributed by atoms with Gasteiger partial charge in [0.25, 0.3) is 0 Å². The Balaban J connectivity index is 1.66. The molecule has 3 rings (SSSR count). The number of carbonyl (C=O) groups excluding carboxylic acids is 1. The van der Waals surface area contributed by atoms with Crippen molar-refractivity contribution in [1.29, 1.82) is 0 Å². The summed E-state index contributed by atoms with van der Waals surface area (Å²) >= 11 is 1.25. The van der Waals surface area contributed by atoms with Gasteiger partial charge in [-0.2, -0.15) is 0 Å². The third kappa shape index (κ3) is 5.24. The summed E-state index contributed by atoms with van der Waals surface area (Å²) in [6.07, 6.45) is 2.03. The summed E-state index contributed by atoms with van der Waals surface area (Å²) in [4.78, 5) is 12.1. The van der Waals surface area contributed by atoms with Gasteiger partial charge < -0.3 is 10.1 Å². The Morgan fingerprint density at radius 3 is 2.67 bits per heavy atom. The number of hydrogen-bond donors (Lipinski definition) is 2. The number of carbonyl (C=O) groups is 1. The van der Waals surface area contributed by atoms with Crippen LogP contribution in [-0.2, 0) is 0 Å². The Bertz CT molecular complexity index is 899. The lowest BCUT2D eigenvalue weighted by Gasteiger charge is -2.08. The maximum atomic E-state index is 12.9. The third-order valence-corrected chi connectivity index (χ3v) is 4.49. The van der Waals surface area contributed by atoms with Crippen LogP contribution in [0.1, 0.15) is 19.8 Å². The second-order valence-electron chi connectivity index (χ2n) is 5.70. The first-order valence-electron chi connectivity index (χ1n) is 8.55. The van der Waals surface area contributed by atoms with Gasteiger partial charge in [-0.15, -0.1) is 10.2 Å². The van der Waals surface area contributed by atoms with E-state index in [-0.39, 0.29) is 5.82 Å². The van der Waals surface area contributed by atoms with E-state index in [4.69, 9.17) is 4.74 Å². The maximum Gasteiger partial charge on any atom is 0.325 e. The highest BCUT2D eigenvalue weighted by Gasteiger charge is 2.13. The third-order valence-electron chi connectivity index (χ3n) is 3.62. The molecule has 0 atom stereocenters. The van der Waals surface area contributed by atoms with Gasteiger partial charge in [0.15, 0.2) is 5.01 Å². The standard InChI is InChI=1S/C19H19FN4O2S/c1-2-3-12-26-16-7-5-4-6-15(16)17-23-24-19(27-17)22-18(25)21-14-10-8-13(20)9-11-14/h4-11H,2-3,12H2,1H3,(H2,21,22,24,25). The van der Waals surface area contributed by atoms with E-state index >= 15 is 0 Å². The Kier molecular flexibility index (Phi) is 6.32. The van der Waals surface area contributed by atoms with Gasteiger partial charge in [-0.25, -0.2) is 9.18 Å². The molecular weight excluding hydrogens is 367 g/mol. The zero-order valence-corrected chi connectivity index (χ0v) is 15.6. The molecule has 3 aromatic rings. The van der Waals surface area contributed by atoms with Gasteiger partial charge in [0, 0.05) is 5.69 Å². The Morgan fingerprint density at radius 1 is 1.11 bits per heavy atom. The summed E-state index contributed by atoms with van der Waals surface area (Å²) in [5, 5.41) is 14.4. The van der Waals surface area contributed by atoms with E-state index in [0.717, 1.165) is 24.2 Å². The van der Waals surface area contributed by atoms with Gasteiger partial charge in [0.05, 0.1) is 12.2 Å². The molecular formula is C19H19FN4O2S. The Labute approximate surface area is 160 Å². The van der Waals surface area contributed by atoms with E-state index < -0.39 is 6.03 Å². The second-order valence-corrected chi connectivity index (χ2v) is 6.67. The summed E-state index contributed by atoms with van der Waals surface area (Å²) < 4.78 is 18.7. The van der Waals surface area contributed by atoms with Crippen molar-refractivity contribution in [2.45, 2.75) is 19.8 Å². The zero-order chi connectivity index (χ0) is 19.1. The highest BCUT2D eigenvalue weighted by atomic mass is 32.1. The van der Waals surface area contributed by atoms with Gasteiger partial charge in [-0.05, 0) is 42.8 Å². The van der Waals surface area contributed by atoms with Gasteiger partial charge in [0.1, 0.15) is 11.6 Å². The summed E-state index contributed by atoms with van der Waals surface area (Å²) in [5.41, 5.74) is 1.31. The molecule has 0 unspecified atom stereocenters. The van der Waals surface area contributed by atoms with Crippen molar-refractivity contribution >= 4 is 28.2 Å². The van der Waals surface area contributed by atoms with Crippen molar-refractivity contribution in [2.75, 3.05) is 17.2 Å². The number of anilines is 2. The number of nitrogens with one attached hydrogen (secondary N) is 2. The summed E-state index contributed by atoms with van der Waals surface area (Å²) in [6.45, 7) is 2.74. The molecule has 0 aliphatic rings. The largest absolute Gasteiger partial charge is 0.493 e. The lowest BCUT2D eigenvalue weighted by Crippen LogP contribution is -2.19. The van der Waals surface area contributed by atoms with E-state index in [1.165, 1.54) is 35.6 Å². The average Bonchev–Trinajstić information content (AvgIpc) is 3.12. The van der Waals surface area contributed by atoms with Crippen molar-refractivity contribution in [2.24, 2.45) is 0 Å². The minimum atomic E-state index is -0.475. The molecule has 0 radical (unpaired) electrons. The molecule has 8 heteroatoms. The summed E-state index contributed by atoms with van der Waals surface area (Å²) in [6, 6.07) is 12.6. The molecule has 0 saturated heterocycles. The number of nitrogens with zero attached hydrogens (tertiary/aromatic N) is 2. The van der Waals surface area contributed by atoms with E-state index in [2.05, 4.69) is 27.8 Å². The molecule has 140 valence electrons. The van der Waals surface area contributed by atoms with Crippen molar-refractivity contribution in [3.63, 3.8) is 0 Å². The van der Waals surface area contributed by atoms with Gasteiger partial charge in [0.2, 0.25) is 5.13 Å². The van der Waals surface area contributed by atoms with Crippen LogP contribution in [0, 0.1) is 5.82 Å². The maximum absolute atomic E-state index is 12.9. The number of amides is 2. The van der Waals surface area contributed by atoms with Crippen molar-refractivity contribution < 1.29 is 13.9 Å². The smallest absolute Gasteiger partial charge is 0.325 e. The van der Waals surface area contributed by atoms with Gasteiger partial charge in [-0.3, -0.25) is 5.32 Å². The number of urea groups is 1. The first-order valence-corrected chi connectivity index (χ1v) is 9.36. The number of halogens is 1. The molecule has 2 N–H and O–H groups in total. The first-order chi connectivity index (χ1) is 13.2. The summed E-state index contributed by atoms with van der Waals surface area (Å²) in [7, 11) is 0. The fourth-order valence-electron chi connectivity index (χ4n) is 2.27. The van der Waals surface area contributed by atoms with Crippen LogP contribution in [0.15, 0.2) is 48.5 Å². The normalized spacial score (nSPS) is 10.4. The minimum Gasteiger partial charge on any atom is -0.493 e. The monoisotopic (exact) mass is 386 g/mol. The molecule has 2 aromatic carbocycles. The molecule has 0 fully saturated rings. The molecule has 6 nitrogen and oxygen atoms in total. The number of rotatable bonds is 7. The number of ether oxygens (including phenoxy) is 1. The number of para-hydroxylation sites is 1. The zero-order valence-electron chi connectivity index (χ0n) is 14.7. The van der Waals surface area contributed by atoms with Crippen LogP contribution in [-0.4, -0.2) is 22.8 Å². The molecule has 1 heterocycles. The Morgan fingerprint density at radius 2 is 1.89 bits per heavy atom. The SMILES string of the molecule is CCCCOc1ccccc1-c1nnc(NC(=O)Nc2ccc(F)cc2)s1. The van der Waals surface area contributed by atoms with Crippen LogP contribution in [0.4, 0.5) is 20.0 Å². The predicted molar refractivity (Wildman–Crippen MR) is 105 cm³/mol. The van der Waals surface area contributed by atoms with Crippen LogP contribution in [0.2, 0.25) is 0 Å². The molecule has 27 heavy (non-hydrogen) atoms. The lowest BCUT2D eigenvalue weighted by molar-refractivity contribution is 0.262. The fourth-order valence-corrected chi connectivity index (χ4v) is 3.04. The number of benzene rings is 2. The van der Waals surface area contributed by atoms with Gasteiger partial charge >= 0.3 is 6.03 Å². The summed E-state index contributed by atoms with van der Waals surface area (Å²) in [5.74, 6) is 0.374. The van der Waals surface area contributed by atoms with Crippen LogP contribution < -0.4 is 15.4 Å². The molecule has 2 amide bonds. The van der Waals surface area contributed by atoms with Crippen molar-refractivity contribution in [3.05, 3.63) is 54.3 Å². The van der Waals surface area contributed by atoms with Crippen molar-refractivity contribution in [3.8, 4) is 16.3 Å². The fraction of sp³-hybridized carbons (Fsp3) is 0.211. The van der Waals surface area contributed by atoms with Crippen LogP contribution >= 0.6 is 11.3 Å². The molecule has 0 saturated carbocycles. The minimum absolute atomic E-state index is 0.355. The number of aromatic nitrogens is 2. The van der Waals surface area contributed by atoms with E-state index in [0.29, 0.717) is 22.4 Å². The van der Waals surface area contributed by atoms with Crippen LogP contribution in [0.3, 0.4) is 0 Å². The topological polar surface area (TPSA) is 76.1 Å². The lowest BCUT2D eigenvalue weighted by atomic mass is 10.2. The second kappa shape index (κ2) is 9.09. The molecule has 0 spiro atoms. The van der Waals surface area contributed by atoms with E-state index in [1.807, 2.05) is 24.3 Å². The Hall–Kier alpha value is -3.00. The van der Waals surface area contributed by atoms with Crippen LogP contribution in [0.5, 0.6) is 5.75 Å². The highest BCUT2D eigenvalue weighted by molar-refractivity contribution is 7.18. The van der Waals surface area contributed by atoms with E-state index in [9.17, 15) is 9.18 Å². The molecule has 0 bridgehead atoms. The molecule has 1 aromatic heterocycles. The van der Waals surface area contributed by atoms with Crippen LogP contribution in [0.25, 0.3) is 10.6 Å². The molecule has 0 aliphatic carbocycles. The highest BCUT2D eigenvalue weighted by Crippen LogP contribution is 2.33. The average molecular weight is 386 g/mol. The molecule has 0 aliphatic heterocycles. The first kappa shape index (κ1) is 18.8. The predicted octanol–water partition coefficient (Wildman–Crippen LogP) is 5.17. The quantitative estimate of drug-likeness (QED) is 0.550.